The molecule has 0 radical (unpaired) electrons. The molecule has 13 heavy (non-hydrogen) atoms. The van der Waals surface area contributed by atoms with Crippen molar-refractivity contribution in [2.45, 2.75) is 44.8 Å². The van der Waals surface area contributed by atoms with Gasteiger partial charge in [0.25, 0.3) is 0 Å². The summed E-state index contributed by atoms with van der Waals surface area (Å²) < 4.78 is 0. The van der Waals surface area contributed by atoms with Crippen molar-refractivity contribution in [1.29, 1.82) is 0 Å². The topological polar surface area (TPSA) is 66.5 Å². The summed E-state index contributed by atoms with van der Waals surface area (Å²) >= 11 is 0. The van der Waals surface area contributed by atoms with E-state index in [1.165, 1.54) is 0 Å². The van der Waals surface area contributed by atoms with Crippen LogP contribution < -0.4 is 5.73 Å². The molecule has 0 bridgehead atoms. The molecule has 0 saturated heterocycles. The molecule has 1 aliphatic carbocycles. The van der Waals surface area contributed by atoms with Crippen LogP contribution in [0, 0.1) is 11.8 Å². The first kappa shape index (κ1) is 11.0. The van der Waals surface area contributed by atoms with Crippen LogP contribution in [-0.2, 0) is 0 Å². The third-order valence-corrected chi connectivity index (χ3v) is 3.46. The molecule has 0 aromatic heterocycles. The highest BCUT2D eigenvalue weighted by atomic mass is 16.3. The van der Waals surface area contributed by atoms with Crippen molar-refractivity contribution in [3.63, 3.8) is 0 Å². The lowest BCUT2D eigenvalue weighted by molar-refractivity contribution is -0.0638. The number of rotatable bonds is 2. The lowest BCUT2D eigenvalue weighted by atomic mass is 9.73. The van der Waals surface area contributed by atoms with Gasteiger partial charge in [0.05, 0.1) is 12.2 Å². The first-order valence-corrected chi connectivity index (χ1v) is 5.06. The Balaban J connectivity index is 2.55. The Kier molecular flexibility index (Phi) is 3.33. The van der Waals surface area contributed by atoms with Gasteiger partial charge >= 0.3 is 0 Å². The molecule has 1 fully saturated rings. The van der Waals surface area contributed by atoms with Crippen LogP contribution in [0.5, 0.6) is 0 Å². The minimum atomic E-state index is -0.947. The van der Waals surface area contributed by atoms with Gasteiger partial charge in [0.15, 0.2) is 0 Å². The Morgan fingerprint density at radius 1 is 1.46 bits per heavy atom. The van der Waals surface area contributed by atoms with Crippen molar-refractivity contribution in [2.75, 3.05) is 6.61 Å². The third kappa shape index (κ3) is 2.42. The van der Waals surface area contributed by atoms with Crippen molar-refractivity contribution in [3.05, 3.63) is 0 Å². The van der Waals surface area contributed by atoms with Crippen LogP contribution in [0.3, 0.4) is 0 Å². The van der Waals surface area contributed by atoms with Gasteiger partial charge in [0.2, 0.25) is 0 Å². The Morgan fingerprint density at radius 3 is 2.54 bits per heavy atom. The van der Waals surface area contributed by atoms with E-state index in [4.69, 9.17) is 10.8 Å². The van der Waals surface area contributed by atoms with Crippen molar-refractivity contribution in [3.8, 4) is 0 Å². The van der Waals surface area contributed by atoms with Gasteiger partial charge in [-0.1, -0.05) is 6.92 Å². The maximum Gasteiger partial charge on any atom is 0.0877 e. The smallest absolute Gasteiger partial charge is 0.0877 e. The Hall–Kier alpha value is -0.120. The van der Waals surface area contributed by atoms with E-state index in [2.05, 4.69) is 6.92 Å². The lowest BCUT2D eigenvalue weighted by Gasteiger charge is -2.39. The van der Waals surface area contributed by atoms with Crippen LogP contribution in [-0.4, -0.2) is 28.5 Å². The zero-order valence-corrected chi connectivity index (χ0v) is 8.53. The molecule has 0 aromatic carbocycles. The summed E-state index contributed by atoms with van der Waals surface area (Å²) in [5.74, 6) is 0.703. The second-order valence-corrected chi connectivity index (χ2v) is 4.67. The van der Waals surface area contributed by atoms with Gasteiger partial charge in [-0.05, 0) is 38.0 Å². The summed E-state index contributed by atoms with van der Waals surface area (Å²) in [5.41, 5.74) is 4.98. The summed E-state index contributed by atoms with van der Waals surface area (Å²) in [6.45, 7) is 3.67. The first-order chi connectivity index (χ1) is 5.97. The molecule has 0 spiro atoms. The summed E-state index contributed by atoms with van der Waals surface area (Å²) in [4.78, 5) is 0. The molecule has 4 N–H and O–H groups in total. The quantitative estimate of drug-likeness (QED) is 0.589. The zero-order chi connectivity index (χ0) is 10.1. The molecule has 0 aliphatic heterocycles. The second-order valence-electron chi connectivity index (χ2n) is 4.67. The SMILES string of the molecule is CC1CCC(C(C)(O)CO)CC1N. The van der Waals surface area contributed by atoms with Crippen LogP contribution in [0.2, 0.25) is 0 Å². The maximum atomic E-state index is 9.85. The Bertz CT molecular complexity index is 170. The van der Waals surface area contributed by atoms with Crippen LogP contribution in [0.4, 0.5) is 0 Å². The first-order valence-electron chi connectivity index (χ1n) is 5.06. The largest absolute Gasteiger partial charge is 0.393 e. The van der Waals surface area contributed by atoms with Gasteiger partial charge < -0.3 is 15.9 Å². The van der Waals surface area contributed by atoms with Gasteiger partial charge in [-0.15, -0.1) is 0 Å². The molecule has 0 heterocycles. The van der Waals surface area contributed by atoms with E-state index in [0.29, 0.717) is 5.92 Å². The molecule has 1 rings (SSSR count). The van der Waals surface area contributed by atoms with E-state index in [1.54, 1.807) is 6.92 Å². The fraction of sp³-hybridized carbons (Fsp3) is 1.00. The molecular formula is C10H21NO2. The van der Waals surface area contributed by atoms with Crippen LogP contribution >= 0.6 is 0 Å². The van der Waals surface area contributed by atoms with Gasteiger partial charge in [-0.25, -0.2) is 0 Å². The standard InChI is InChI=1S/C10H21NO2/c1-7-3-4-8(5-9(7)11)10(2,13)6-12/h7-9,12-13H,3-6,11H2,1-2H3. The molecule has 3 heteroatoms. The molecule has 0 aromatic rings. The fourth-order valence-electron chi connectivity index (χ4n) is 2.05. The Morgan fingerprint density at radius 2 is 2.08 bits per heavy atom. The van der Waals surface area contributed by atoms with Gasteiger partial charge in [0.1, 0.15) is 0 Å². The normalized spacial score (nSPS) is 39.9. The molecule has 3 nitrogen and oxygen atoms in total. The number of aliphatic hydroxyl groups is 2. The van der Waals surface area contributed by atoms with E-state index in [0.717, 1.165) is 19.3 Å². The highest BCUT2D eigenvalue weighted by Gasteiger charge is 2.36. The van der Waals surface area contributed by atoms with Gasteiger partial charge in [0, 0.05) is 6.04 Å². The average Bonchev–Trinajstić information content (AvgIpc) is 2.09. The summed E-state index contributed by atoms with van der Waals surface area (Å²) in [6.07, 6.45) is 2.86. The van der Waals surface area contributed by atoms with Crippen LogP contribution in [0.15, 0.2) is 0 Å². The number of nitrogens with two attached hydrogens (primary N) is 1. The number of aliphatic hydroxyl groups excluding tert-OH is 1. The molecule has 1 saturated carbocycles. The molecule has 4 atom stereocenters. The fourth-order valence-corrected chi connectivity index (χ4v) is 2.05. The Labute approximate surface area is 79.9 Å². The summed E-state index contributed by atoms with van der Waals surface area (Å²) in [7, 11) is 0. The van der Waals surface area contributed by atoms with Crippen molar-refractivity contribution in [2.24, 2.45) is 17.6 Å². The van der Waals surface area contributed by atoms with Crippen molar-refractivity contribution in [1.82, 2.24) is 0 Å². The second kappa shape index (κ2) is 3.95. The molecule has 4 unspecified atom stereocenters. The molecule has 1 aliphatic rings. The minimum absolute atomic E-state index is 0.156. The maximum absolute atomic E-state index is 9.85. The summed E-state index contributed by atoms with van der Waals surface area (Å²) in [5, 5.41) is 18.9. The van der Waals surface area contributed by atoms with Crippen LogP contribution in [0.25, 0.3) is 0 Å². The van der Waals surface area contributed by atoms with Crippen molar-refractivity contribution < 1.29 is 10.2 Å². The molecule has 78 valence electrons. The van der Waals surface area contributed by atoms with Crippen LogP contribution in [0.1, 0.15) is 33.1 Å². The highest BCUT2D eigenvalue weighted by molar-refractivity contribution is 4.89. The monoisotopic (exact) mass is 187 g/mol. The predicted molar refractivity (Wildman–Crippen MR) is 52.2 cm³/mol. The zero-order valence-electron chi connectivity index (χ0n) is 8.53. The lowest BCUT2D eigenvalue weighted by Crippen LogP contribution is -2.46. The van der Waals surface area contributed by atoms with E-state index in [1.807, 2.05) is 0 Å². The minimum Gasteiger partial charge on any atom is -0.393 e. The molecule has 0 amide bonds. The third-order valence-electron chi connectivity index (χ3n) is 3.46. The van der Waals surface area contributed by atoms with E-state index in [-0.39, 0.29) is 18.6 Å². The van der Waals surface area contributed by atoms with E-state index < -0.39 is 5.60 Å². The highest BCUT2D eigenvalue weighted by Crippen LogP contribution is 2.34. The number of hydrogen-bond acceptors (Lipinski definition) is 3. The van der Waals surface area contributed by atoms with E-state index >= 15 is 0 Å². The average molecular weight is 187 g/mol. The van der Waals surface area contributed by atoms with Crippen molar-refractivity contribution >= 4 is 0 Å². The van der Waals surface area contributed by atoms with E-state index in [9.17, 15) is 5.11 Å². The van der Waals surface area contributed by atoms with Gasteiger partial charge in [-0.3, -0.25) is 0 Å². The number of hydrogen-bond donors (Lipinski definition) is 3. The molecular weight excluding hydrogens is 166 g/mol. The van der Waals surface area contributed by atoms with Gasteiger partial charge in [-0.2, -0.15) is 0 Å². The summed E-state index contributed by atoms with van der Waals surface area (Å²) in [6, 6.07) is 0.178. The predicted octanol–water partition coefficient (Wildman–Crippen LogP) is 0.493.